The van der Waals surface area contributed by atoms with E-state index in [1.54, 1.807) is 6.07 Å². The predicted octanol–water partition coefficient (Wildman–Crippen LogP) is 2.24. The molecule has 1 aromatic carbocycles. The molecule has 1 fully saturated rings. The third kappa shape index (κ3) is 2.81. The highest BCUT2D eigenvalue weighted by Crippen LogP contribution is 2.42. The van der Waals surface area contributed by atoms with E-state index in [0.717, 1.165) is 37.0 Å². The van der Waals surface area contributed by atoms with Gasteiger partial charge in [-0.05, 0) is 36.8 Å². The van der Waals surface area contributed by atoms with Gasteiger partial charge in [0.15, 0.2) is 11.5 Å². The molecule has 2 aliphatic heterocycles. The van der Waals surface area contributed by atoms with Crippen LogP contribution in [-0.2, 0) is 15.9 Å². The van der Waals surface area contributed by atoms with Crippen molar-refractivity contribution < 1.29 is 19.7 Å². The summed E-state index contributed by atoms with van der Waals surface area (Å²) in [6, 6.07) is 3.30. The molecule has 0 saturated carbocycles. The number of hydrogen-bond donors (Lipinski definition) is 3. The first-order valence-electron chi connectivity index (χ1n) is 8.14. The molecule has 5 nitrogen and oxygen atoms in total. The van der Waals surface area contributed by atoms with Gasteiger partial charge in [0.05, 0.1) is 18.3 Å². The van der Waals surface area contributed by atoms with Crippen LogP contribution in [0.3, 0.4) is 0 Å². The maximum absolute atomic E-state index is 10.2. The van der Waals surface area contributed by atoms with Crippen molar-refractivity contribution in [2.24, 2.45) is 11.7 Å². The summed E-state index contributed by atoms with van der Waals surface area (Å²) in [6.07, 6.45) is 3.66. The van der Waals surface area contributed by atoms with Gasteiger partial charge in [0, 0.05) is 25.1 Å². The molecule has 2 aliphatic rings. The number of phenolic OH excluding ortho intramolecular Hbond substituents is 2. The normalized spacial score (nSPS) is 31.7. The standard InChI is InChI=1S/C17H25NO4/c1-2-11-7-10(5-6-21-11)15-8-13-12(16(9-18)22-15)3-4-14(19)17(13)20/h3-4,10-11,15-16,19-20H,2,5-9,18H2,1H3. The van der Waals surface area contributed by atoms with Gasteiger partial charge in [-0.1, -0.05) is 13.0 Å². The number of hydrogen-bond acceptors (Lipinski definition) is 5. The van der Waals surface area contributed by atoms with Crippen molar-refractivity contribution in [2.45, 2.75) is 50.9 Å². The highest BCUT2D eigenvalue weighted by Gasteiger charge is 2.36. The second-order valence-corrected chi connectivity index (χ2v) is 6.29. The molecule has 4 unspecified atom stereocenters. The zero-order chi connectivity index (χ0) is 15.7. The number of phenols is 2. The Kier molecular flexibility index (Phi) is 4.57. The van der Waals surface area contributed by atoms with Crippen LogP contribution >= 0.6 is 0 Å². The van der Waals surface area contributed by atoms with Crippen LogP contribution in [0.15, 0.2) is 12.1 Å². The Morgan fingerprint density at radius 1 is 1.32 bits per heavy atom. The van der Waals surface area contributed by atoms with Gasteiger partial charge in [0.2, 0.25) is 0 Å². The zero-order valence-electron chi connectivity index (χ0n) is 13.0. The summed E-state index contributed by atoms with van der Waals surface area (Å²) < 4.78 is 12.0. The number of nitrogens with two attached hydrogens (primary N) is 1. The number of benzene rings is 1. The van der Waals surface area contributed by atoms with Gasteiger partial charge in [-0.3, -0.25) is 0 Å². The molecule has 3 rings (SSSR count). The molecule has 0 aromatic heterocycles. The van der Waals surface area contributed by atoms with Crippen molar-refractivity contribution in [3.05, 3.63) is 23.3 Å². The molecule has 5 heteroatoms. The smallest absolute Gasteiger partial charge is 0.161 e. The van der Waals surface area contributed by atoms with E-state index < -0.39 is 0 Å². The van der Waals surface area contributed by atoms with Gasteiger partial charge in [0.1, 0.15) is 0 Å². The first kappa shape index (κ1) is 15.6. The summed E-state index contributed by atoms with van der Waals surface area (Å²) in [5.74, 6) is 0.305. The fourth-order valence-corrected chi connectivity index (χ4v) is 3.68. The first-order valence-corrected chi connectivity index (χ1v) is 8.14. The van der Waals surface area contributed by atoms with Gasteiger partial charge < -0.3 is 25.4 Å². The minimum atomic E-state index is -0.219. The second kappa shape index (κ2) is 6.44. The molecule has 0 bridgehead atoms. The lowest BCUT2D eigenvalue weighted by molar-refractivity contribution is -0.0966. The summed E-state index contributed by atoms with van der Waals surface area (Å²) in [6.45, 7) is 3.26. The van der Waals surface area contributed by atoms with E-state index in [-0.39, 0.29) is 29.8 Å². The van der Waals surface area contributed by atoms with Crippen LogP contribution in [0.2, 0.25) is 0 Å². The van der Waals surface area contributed by atoms with E-state index >= 15 is 0 Å². The molecule has 4 atom stereocenters. The fourth-order valence-electron chi connectivity index (χ4n) is 3.68. The van der Waals surface area contributed by atoms with Gasteiger partial charge in [-0.25, -0.2) is 0 Å². The largest absolute Gasteiger partial charge is 0.504 e. The third-order valence-corrected chi connectivity index (χ3v) is 4.99. The summed E-state index contributed by atoms with van der Waals surface area (Å²) in [5.41, 5.74) is 7.54. The van der Waals surface area contributed by atoms with Crippen LogP contribution < -0.4 is 5.73 Å². The Balaban J connectivity index is 1.85. The molecule has 4 N–H and O–H groups in total. The minimum absolute atomic E-state index is 0.0201. The van der Waals surface area contributed by atoms with Gasteiger partial charge in [-0.15, -0.1) is 0 Å². The van der Waals surface area contributed by atoms with Crippen molar-refractivity contribution in [2.75, 3.05) is 13.2 Å². The zero-order valence-corrected chi connectivity index (χ0v) is 13.0. The van der Waals surface area contributed by atoms with Crippen LogP contribution in [0, 0.1) is 5.92 Å². The van der Waals surface area contributed by atoms with E-state index in [9.17, 15) is 10.2 Å². The highest BCUT2D eigenvalue weighted by molar-refractivity contribution is 5.51. The Labute approximate surface area is 131 Å². The summed E-state index contributed by atoms with van der Waals surface area (Å²) in [7, 11) is 0. The molecular formula is C17H25NO4. The Morgan fingerprint density at radius 3 is 2.86 bits per heavy atom. The van der Waals surface area contributed by atoms with Gasteiger partial charge in [0.25, 0.3) is 0 Å². The fraction of sp³-hybridized carbons (Fsp3) is 0.647. The summed E-state index contributed by atoms with van der Waals surface area (Å²) in [4.78, 5) is 0. The van der Waals surface area contributed by atoms with Crippen LogP contribution in [0.1, 0.15) is 43.4 Å². The van der Waals surface area contributed by atoms with Crippen molar-refractivity contribution in [1.29, 1.82) is 0 Å². The maximum Gasteiger partial charge on any atom is 0.161 e. The predicted molar refractivity (Wildman–Crippen MR) is 82.9 cm³/mol. The Bertz CT molecular complexity index is 534. The van der Waals surface area contributed by atoms with Gasteiger partial charge in [-0.2, -0.15) is 0 Å². The number of rotatable bonds is 3. The number of aromatic hydroxyl groups is 2. The van der Waals surface area contributed by atoms with Crippen molar-refractivity contribution in [3.8, 4) is 11.5 Å². The van der Waals surface area contributed by atoms with Crippen molar-refractivity contribution in [3.63, 3.8) is 0 Å². The average molecular weight is 307 g/mol. The SMILES string of the molecule is CCC1CC(C2Cc3c(ccc(O)c3O)C(CN)O2)CCO1. The second-order valence-electron chi connectivity index (χ2n) is 6.29. The van der Waals surface area contributed by atoms with Gasteiger partial charge >= 0.3 is 0 Å². The van der Waals surface area contributed by atoms with E-state index in [0.29, 0.717) is 18.9 Å². The minimum Gasteiger partial charge on any atom is -0.504 e. The van der Waals surface area contributed by atoms with E-state index in [2.05, 4.69) is 6.92 Å². The van der Waals surface area contributed by atoms with Crippen LogP contribution in [0.5, 0.6) is 11.5 Å². The molecule has 0 spiro atoms. The maximum atomic E-state index is 10.2. The van der Waals surface area contributed by atoms with Crippen LogP contribution in [0.25, 0.3) is 0 Å². The number of ether oxygens (including phenoxy) is 2. The lowest BCUT2D eigenvalue weighted by Gasteiger charge is -2.39. The average Bonchev–Trinajstić information content (AvgIpc) is 2.57. The lowest BCUT2D eigenvalue weighted by atomic mass is 9.82. The Hall–Kier alpha value is -1.30. The molecule has 1 saturated heterocycles. The highest BCUT2D eigenvalue weighted by atomic mass is 16.5. The van der Waals surface area contributed by atoms with Crippen LogP contribution in [0.4, 0.5) is 0 Å². The van der Waals surface area contributed by atoms with Crippen LogP contribution in [-0.4, -0.2) is 35.6 Å². The van der Waals surface area contributed by atoms with Crippen molar-refractivity contribution in [1.82, 2.24) is 0 Å². The number of fused-ring (bicyclic) bond motifs is 1. The quantitative estimate of drug-likeness (QED) is 0.746. The topological polar surface area (TPSA) is 84.9 Å². The van der Waals surface area contributed by atoms with E-state index in [1.807, 2.05) is 0 Å². The molecule has 22 heavy (non-hydrogen) atoms. The van der Waals surface area contributed by atoms with E-state index in [1.165, 1.54) is 6.07 Å². The molecule has 122 valence electrons. The monoisotopic (exact) mass is 307 g/mol. The molecule has 0 amide bonds. The molecule has 2 heterocycles. The first-order chi connectivity index (χ1) is 10.6. The molecule has 0 aliphatic carbocycles. The Morgan fingerprint density at radius 2 is 2.14 bits per heavy atom. The molecule has 1 aromatic rings. The molecular weight excluding hydrogens is 282 g/mol. The summed E-state index contributed by atoms with van der Waals surface area (Å²) in [5, 5.41) is 20.0. The van der Waals surface area contributed by atoms with E-state index in [4.69, 9.17) is 15.2 Å². The lowest BCUT2D eigenvalue weighted by Crippen LogP contribution is -2.39. The summed E-state index contributed by atoms with van der Waals surface area (Å²) >= 11 is 0. The third-order valence-electron chi connectivity index (χ3n) is 4.99. The molecule has 0 radical (unpaired) electrons. The van der Waals surface area contributed by atoms with Crippen molar-refractivity contribution >= 4 is 0 Å².